The normalized spacial score (nSPS) is 14.2. The number of rotatable bonds is 77. The molecule has 0 aliphatic carbocycles. The molecule has 0 amide bonds. The molecule has 0 bridgehead atoms. The molecule has 0 saturated heterocycles. The SMILES string of the molecule is CCCCCCCCCCCCCCCCCCCCC(=O)OC[C@H](COP(=O)(O)OC[C@@H](O)COP(=O)(O)OC[C@@H](COC(=O)CCCCCCCCCC)OC(=O)CCCCCCCCC(C)C)OC(=O)CCCCCCCCCCCCCCCCCCCCC(C)CC. The van der Waals surface area contributed by atoms with Crippen LogP contribution in [0.15, 0.2) is 0 Å². The number of carbonyl (C=O) groups is 4. The van der Waals surface area contributed by atoms with Crippen molar-refractivity contribution in [2.45, 2.75) is 426 Å². The van der Waals surface area contributed by atoms with Crippen LogP contribution in [0.3, 0.4) is 0 Å². The first-order valence-electron chi connectivity index (χ1n) is 40.5. The zero-order valence-electron chi connectivity index (χ0n) is 63.4. The summed E-state index contributed by atoms with van der Waals surface area (Å²) in [4.78, 5) is 72.7. The Morgan fingerprint density at radius 3 is 0.784 bits per heavy atom. The number of unbranched alkanes of at least 4 members (excludes halogenated alkanes) is 46. The van der Waals surface area contributed by atoms with E-state index in [2.05, 4.69) is 41.5 Å². The molecule has 3 unspecified atom stereocenters. The number of carbonyl (C=O) groups excluding carboxylic acids is 4. The van der Waals surface area contributed by atoms with Crippen LogP contribution in [0.5, 0.6) is 0 Å². The van der Waals surface area contributed by atoms with Gasteiger partial charge in [-0.2, -0.15) is 0 Å². The van der Waals surface area contributed by atoms with Crippen molar-refractivity contribution in [3.05, 3.63) is 0 Å². The first-order valence-corrected chi connectivity index (χ1v) is 43.5. The fourth-order valence-corrected chi connectivity index (χ4v) is 13.6. The lowest BCUT2D eigenvalue weighted by atomic mass is 9.99. The van der Waals surface area contributed by atoms with Gasteiger partial charge in [-0.3, -0.25) is 37.3 Å². The topological polar surface area (TPSA) is 237 Å². The zero-order valence-corrected chi connectivity index (χ0v) is 65.2. The van der Waals surface area contributed by atoms with Crippen molar-refractivity contribution in [3.8, 4) is 0 Å². The third-order valence-corrected chi connectivity index (χ3v) is 20.5. The van der Waals surface area contributed by atoms with E-state index < -0.39 is 97.5 Å². The molecule has 0 rings (SSSR count). The second-order valence-electron chi connectivity index (χ2n) is 28.8. The fraction of sp³-hybridized carbons (Fsp3) is 0.949. The summed E-state index contributed by atoms with van der Waals surface area (Å²) in [6, 6.07) is 0. The van der Waals surface area contributed by atoms with E-state index in [4.69, 9.17) is 37.0 Å². The predicted octanol–water partition coefficient (Wildman–Crippen LogP) is 23.1. The molecule has 0 radical (unpaired) electrons. The molecule has 0 aromatic rings. The maximum absolute atomic E-state index is 13.1. The van der Waals surface area contributed by atoms with E-state index in [0.29, 0.717) is 31.6 Å². The minimum atomic E-state index is -4.96. The highest BCUT2D eigenvalue weighted by Gasteiger charge is 2.30. The molecule has 0 spiro atoms. The van der Waals surface area contributed by atoms with Crippen molar-refractivity contribution in [3.63, 3.8) is 0 Å². The van der Waals surface area contributed by atoms with Gasteiger partial charge in [0, 0.05) is 25.7 Å². The van der Waals surface area contributed by atoms with Gasteiger partial charge in [0.05, 0.1) is 26.4 Å². The molecule has 3 N–H and O–H groups in total. The lowest BCUT2D eigenvalue weighted by molar-refractivity contribution is -0.161. The van der Waals surface area contributed by atoms with Gasteiger partial charge >= 0.3 is 39.5 Å². The zero-order chi connectivity index (χ0) is 71.4. The summed E-state index contributed by atoms with van der Waals surface area (Å²) in [5, 5.41) is 10.6. The molecule has 17 nitrogen and oxygen atoms in total. The number of phosphoric acid groups is 2. The van der Waals surface area contributed by atoms with E-state index in [1.807, 2.05) is 0 Å². The predicted molar refractivity (Wildman–Crippen MR) is 395 cm³/mol. The van der Waals surface area contributed by atoms with Gasteiger partial charge in [-0.25, -0.2) is 9.13 Å². The van der Waals surface area contributed by atoms with Gasteiger partial charge in [-0.1, -0.05) is 356 Å². The molecule has 0 aromatic carbocycles. The van der Waals surface area contributed by atoms with Gasteiger partial charge in [0.1, 0.15) is 19.3 Å². The number of phosphoric ester groups is 2. The molecule has 0 fully saturated rings. The fourth-order valence-electron chi connectivity index (χ4n) is 12.0. The van der Waals surface area contributed by atoms with Gasteiger partial charge in [-0.15, -0.1) is 0 Å². The van der Waals surface area contributed by atoms with Crippen LogP contribution in [-0.4, -0.2) is 96.7 Å². The Hall–Kier alpha value is -1.94. The van der Waals surface area contributed by atoms with Gasteiger partial charge in [0.2, 0.25) is 0 Å². The van der Waals surface area contributed by atoms with Gasteiger partial charge < -0.3 is 33.8 Å². The first kappa shape index (κ1) is 95.1. The van der Waals surface area contributed by atoms with Gasteiger partial charge in [0.15, 0.2) is 12.2 Å². The number of ether oxygens (including phenoxy) is 4. The second kappa shape index (κ2) is 69.8. The number of aliphatic hydroxyl groups is 1. The molecule has 0 aliphatic rings. The maximum atomic E-state index is 13.1. The van der Waals surface area contributed by atoms with Crippen LogP contribution in [0.2, 0.25) is 0 Å². The van der Waals surface area contributed by atoms with Crippen molar-refractivity contribution < 1.29 is 80.2 Å². The average Bonchev–Trinajstić information content (AvgIpc) is 1.35. The monoisotopic (exact) mass is 1420 g/mol. The Morgan fingerprint density at radius 1 is 0.299 bits per heavy atom. The molecule has 576 valence electrons. The van der Waals surface area contributed by atoms with E-state index in [-0.39, 0.29) is 25.7 Å². The molecular weight excluding hydrogens is 1270 g/mol. The molecule has 0 heterocycles. The largest absolute Gasteiger partial charge is 0.472 e. The van der Waals surface area contributed by atoms with Gasteiger partial charge in [0.25, 0.3) is 0 Å². The van der Waals surface area contributed by atoms with Crippen LogP contribution in [-0.2, 0) is 65.4 Å². The highest BCUT2D eigenvalue weighted by Crippen LogP contribution is 2.45. The quantitative estimate of drug-likeness (QED) is 0.0222. The summed E-state index contributed by atoms with van der Waals surface area (Å²) in [7, 11) is -9.91. The molecule has 19 heteroatoms. The van der Waals surface area contributed by atoms with E-state index in [0.717, 1.165) is 102 Å². The molecule has 0 aliphatic heterocycles. The molecular formula is C78H152O17P2. The van der Waals surface area contributed by atoms with E-state index >= 15 is 0 Å². The number of esters is 4. The van der Waals surface area contributed by atoms with Crippen LogP contribution in [0.25, 0.3) is 0 Å². The highest BCUT2D eigenvalue weighted by atomic mass is 31.2. The van der Waals surface area contributed by atoms with E-state index in [1.54, 1.807) is 0 Å². The second-order valence-corrected chi connectivity index (χ2v) is 31.7. The van der Waals surface area contributed by atoms with Crippen molar-refractivity contribution in [1.82, 2.24) is 0 Å². The van der Waals surface area contributed by atoms with Crippen LogP contribution in [0.4, 0.5) is 0 Å². The highest BCUT2D eigenvalue weighted by molar-refractivity contribution is 7.47. The van der Waals surface area contributed by atoms with Crippen LogP contribution >= 0.6 is 15.6 Å². The molecule has 97 heavy (non-hydrogen) atoms. The summed E-state index contributed by atoms with van der Waals surface area (Å²) >= 11 is 0. The maximum Gasteiger partial charge on any atom is 0.472 e. The minimum Gasteiger partial charge on any atom is -0.462 e. The van der Waals surface area contributed by atoms with Crippen molar-refractivity contribution in [2.75, 3.05) is 39.6 Å². The van der Waals surface area contributed by atoms with Crippen LogP contribution < -0.4 is 0 Å². The van der Waals surface area contributed by atoms with Crippen LogP contribution in [0.1, 0.15) is 408 Å². The molecule has 0 aromatic heterocycles. The van der Waals surface area contributed by atoms with Crippen molar-refractivity contribution in [1.29, 1.82) is 0 Å². The average molecular weight is 1420 g/mol. The summed E-state index contributed by atoms with van der Waals surface area (Å²) in [5.41, 5.74) is 0. The van der Waals surface area contributed by atoms with Crippen molar-refractivity contribution >= 4 is 39.5 Å². The Bertz CT molecular complexity index is 1870. The van der Waals surface area contributed by atoms with Gasteiger partial charge in [-0.05, 0) is 37.5 Å². The number of aliphatic hydroxyl groups excluding tert-OH is 1. The third kappa shape index (κ3) is 70.9. The Labute approximate surface area is 594 Å². The molecule has 0 saturated carbocycles. The Morgan fingerprint density at radius 2 is 0.526 bits per heavy atom. The Balaban J connectivity index is 5.15. The lowest BCUT2D eigenvalue weighted by Crippen LogP contribution is -2.30. The summed E-state index contributed by atoms with van der Waals surface area (Å²) < 4.78 is 68.4. The summed E-state index contributed by atoms with van der Waals surface area (Å²) in [6.07, 6.45) is 58.7. The lowest BCUT2D eigenvalue weighted by Gasteiger charge is -2.21. The standard InChI is InChI=1S/C78H152O17P2/c1-7-10-12-14-16-18-19-20-21-22-26-29-32-35-38-42-49-55-61-76(81)89-66-73(94-77(82)62-56-50-43-39-36-33-30-27-24-23-25-28-31-34-37-40-47-53-59-71(6)9-3)68-92-96(84,85)90-64-72(79)65-91-97(86,87)93-69-74(67-88-75(80)60-54-48-41-17-15-13-11-8-2)95-78(83)63-57-51-45-44-46-52-58-70(4)5/h70-74,79H,7-69H2,1-6H3,(H,84,85)(H,86,87)/t71?,72-,73-,74-/m1/s1. The number of hydrogen-bond acceptors (Lipinski definition) is 15. The number of hydrogen-bond donors (Lipinski definition) is 3. The van der Waals surface area contributed by atoms with Crippen LogP contribution in [0, 0.1) is 11.8 Å². The summed E-state index contributed by atoms with van der Waals surface area (Å²) in [6.45, 7) is 9.55. The van der Waals surface area contributed by atoms with Crippen molar-refractivity contribution in [2.24, 2.45) is 11.8 Å². The molecule has 6 atom stereocenters. The van der Waals surface area contributed by atoms with E-state index in [1.165, 1.54) is 218 Å². The third-order valence-electron chi connectivity index (χ3n) is 18.6. The Kier molecular flexibility index (Phi) is 68.4. The first-order chi connectivity index (χ1) is 46.9. The minimum absolute atomic E-state index is 0.102. The smallest absolute Gasteiger partial charge is 0.462 e. The van der Waals surface area contributed by atoms with E-state index in [9.17, 15) is 43.2 Å². The summed E-state index contributed by atoms with van der Waals surface area (Å²) in [5.74, 6) is -0.581.